The van der Waals surface area contributed by atoms with E-state index in [1.165, 1.54) is 0 Å². The number of sulfonamides is 1. The molecule has 0 radical (unpaired) electrons. The molecule has 1 aromatic carbocycles. The first kappa shape index (κ1) is 17.0. The summed E-state index contributed by atoms with van der Waals surface area (Å²) in [6.07, 6.45) is 0.883. The third kappa shape index (κ3) is 4.11. The predicted octanol–water partition coefficient (Wildman–Crippen LogP) is 2.16. The van der Waals surface area contributed by atoms with Gasteiger partial charge in [-0.25, -0.2) is 17.9 Å². The first-order valence-electron chi connectivity index (χ1n) is 6.87. The molecule has 23 heavy (non-hydrogen) atoms. The van der Waals surface area contributed by atoms with Gasteiger partial charge in [0.15, 0.2) is 0 Å². The summed E-state index contributed by atoms with van der Waals surface area (Å²) in [7, 11) is -3.95. The van der Waals surface area contributed by atoms with Crippen molar-refractivity contribution in [2.24, 2.45) is 0 Å². The fourth-order valence-corrected chi connectivity index (χ4v) is 2.86. The summed E-state index contributed by atoms with van der Waals surface area (Å²) >= 11 is 0. The molecule has 0 amide bonds. The second kappa shape index (κ2) is 6.84. The molecule has 2 rings (SSSR count). The fourth-order valence-electron chi connectivity index (χ4n) is 1.91. The molecule has 0 unspecified atom stereocenters. The summed E-state index contributed by atoms with van der Waals surface area (Å²) < 4.78 is 36.9. The van der Waals surface area contributed by atoms with Gasteiger partial charge in [0.05, 0.1) is 12.2 Å². The SMILES string of the molecule is CCOc1cc(C)ccc1CNS(=O)(=O)c1cc(C(=O)O)co1. The minimum Gasteiger partial charge on any atom is -0.494 e. The number of ether oxygens (including phenoxy) is 1. The Labute approximate surface area is 133 Å². The highest BCUT2D eigenvalue weighted by molar-refractivity contribution is 7.89. The molecular formula is C15H17NO6S. The average molecular weight is 339 g/mol. The van der Waals surface area contributed by atoms with E-state index in [1.807, 2.05) is 26.0 Å². The molecule has 8 heteroatoms. The van der Waals surface area contributed by atoms with Crippen LogP contribution in [-0.2, 0) is 16.6 Å². The van der Waals surface area contributed by atoms with Crippen molar-refractivity contribution in [3.05, 3.63) is 47.2 Å². The monoisotopic (exact) mass is 339 g/mol. The second-order valence-electron chi connectivity index (χ2n) is 4.83. The van der Waals surface area contributed by atoms with Crippen LogP contribution in [0.1, 0.15) is 28.4 Å². The summed E-state index contributed by atoms with van der Waals surface area (Å²) in [4.78, 5) is 10.8. The minimum atomic E-state index is -3.95. The van der Waals surface area contributed by atoms with Crippen molar-refractivity contribution in [1.82, 2.24) is 4.72 Å². The van der Waals surface area contributed by atoms with Crippen LogP contribution in [0.5, 0.6) is 5.75 Å². The van der Waals surface area contributed by atoms with Crippen LogP contribution in [0.3, 0.4) is 0 Å². The summed E-state index contributed by atoms with van der Waals surface area (Å²) in [5, 5.41) is 8.36. The third-order valence-electron chi connectivity index (χ3n) is 3.06. The van der Waals surface area contributed by atoms with E-state index in [2.05, 4.69) is 4.72 Å². The molecule has 0 saturated carbocycles. The molecular weight excluding hydrogens is 322 g/mol. The summed E-state index contributed by atoms with van der Waals surface area (Å²) in [5.74, 6) is -0.659. The van der Waals surface area contributed by atoms with Gasteiger partial charge >= 0.3 is 5.97 Å². The maximum atomic E-state index is 12.1. The van der Waals surface area contributed by atoms with Gasteiger partial charge in [-0.05, 0) is 25.5 Å². The molecule has 0 fully saturated rings. The standard InChI is InChI=1S/C15H17NO6S/c1-3-21-13-6-10(2)4-5-11(13)8-16-23(19,20)14-7-12(9-22-14)15(17)18/h4-7,9,16H,3,8H2,1-2H3,(H,17,18). The number of furan rings is 1. The Morgan fingerprint density at radius 3 is 2.70 bits per heavy atom. The van der Waals surface area contributed by atoms with Crippen molar-refractivity contribution in [2.45, 2.75) is 25.5 Å². The van der Waals surface area contributed by atoms with Crippen LogP contribution in [0.25, 0.3) is 0 Å². The van der Waals surface area contributed by atoms with Crippen LogP contribution in [0, 0.1) is 6.92 Å². The molecule has 7 nitrogen and oxygen atoms in total. The summed E-state index contributed by atoms with van der Waals surface area (Å²) in [6, 6.07) is 6.40. The van der Waals surface area contributed by atoms with Crippen molar-refractivity contribution in [2.75, 3.05) is 6.61 Å². The molecule has 0 aliphatic heterocycles. The second-order valence-corrected chi connectivity index (χ2v) is 6.53. The molecule has 1 aromatic heterocycles. The smallest absolute Gasteiger partial charge is 0.339 e. The zero-order chi connectivity index (χ0) is 17.0. The van der Waals surface area contributed by atoms with Crippen LogP contribution in [0.4, 0.5) is 0 Å². The minimum absolute atomic E-state index is 0.00104. The maximum Gasteiger partial charge on any atom is 0.339 e. The van der Waals surface area contributed by atoms with Crippen LogP contribution >= 0.6 is 0 Å². The lowest BCUT2D eigenvalue weighted by molar-refractivity contribution is 0.0696. The lowest BCUT2D eigenvalue weighted by Gasteiger charge is -2.11. The summed E-state index contributed by atoms with van der Waals surface area (Å²) in [6.45, 7) is 4.21. The Hall–Kier alpha value is -2.32. The van der Waals surface area contributed by atoms with Crippen molar-refractivity contribution in [3.63, 3.8) is 0 Å². The number of carboxylic acid groups (broad SMARTS) is 1. The Kier molecular flexibility index (Phi) is 5.07. The topological polar surface area (TPSA) is 106 Å². The lowest BCUT2D eigenvalue weighted by Crippen LogP contribution is -2.23. The lowest BCUT2D eigenvalue weighted by atomic mass is 10.1. The number of carboxylic acids is 1. The average Bonchev–Trinajstić information content (AvgIpc) is 2.97. The van der Waals surface area contributed by atoms with Gasteiger partial charge in [-0.15, -0.1) is 0 Å². The quantitative estimate of drug-likeness (QED) is 0.801. The highest BCUT2D eigenvalue weighted by Gasteiger charge is 2.21. The van der Waals surface area contributed by atoms with Gasteiger partial charge in [-0.3, -0.25) is 0 Å². The van der Waals surface area contributed by atoms with E-state index in [0.717, 1.165) is 17.9 Å². The van der Waals surface area contributed by atoms with E-state index in [9.17, 15) is 13.2 Å². The third-order valence-corrected chi connectivity index (χ3v) is 4.33. The normalized spacial score (nSPS) is 11.4. The maximum absolute atomic E-state index is 12.1. The van der Waals surface area contributed by atoms with Crippen molar-refractivity contribution < 1.29 is 27.5 Å². The highest BCUT2D eigenvalue weighted by atomic mass is 32.2. The van der Waals surface area contributed by atoms with Crippen LogP contribution in [-0.4, -0.2) is 26.1 Å². The van der Waals surface area contributed by atoms with Gasteiger partial charge in [-0.1, -0.05) is 12.1 Å². The van der Waals surface area contributed by atoms with Gasteiger partial charge in [0.25, 0.3) is 10.0 Å². The highest BCUT2D eigenvalue weighted by Crippen LogP contribution is 2.21. The molecule has 1 heterocycles. The largest absolute Gasteiger partial charge is 0.494 e. The molecule has 0 aliphatic carbocycles. The van der Waals surface area contributed by atoms with Gasteiger partial charge in [0.2, 0.25) is 5.09 Å². The molecule has 0 bridgehead atoms. The van der Waals surface area contributed by atoms with Crippen molar-refractivity contribution >= 4 is 16.0 Å². The van der Waals surface area contributed by atoms with E-state index >= 15 is 0 Å². The first-order valence-corrected chi connectivity index (χ1v) is 8.35. The van der Waals surface area contributed by atoms with Crippen LogP contribution in [0.2, 0.25) is 0 Å². The van der Waals surface area contributed by atoms with Crippen molar-refractivity contribution in [3.8, 4) is 5.75 Å². The van der Waals surface area contributed by atoms with Crippen molar-refractivity contribution in [1.29, 1.82) is 0 Å². The Balaban J connectivity index is 2.17. The zero-order valence-electron chi connectivity index (χ0n) is 12.7. The number of carbonyl (C=O) groups is 1. The van der Waals surface area contributed by atoms with E-state index < -0.39 is 21.1 Å². The molecule has 2 N–H and O–H groups in total. The molecule has 0 spiro atoms. The van der Waals surface area contributed by atoms with Gasteiger partial charge < -0.3 is 14.3 Å². The predicted molar refractivity (Wildman–Crippen MR) is 82.0 cm³/mol. The van der Waals surface area contributed by atoms with E-state index in [4.69, 9.17) is 14.3 Å². The molecule has 124 valence electrons. The zero-order valence-corrected chi connectivity index (χ0v) is 13.5. The van der Waals surface area contributed by atoms with Crippen LogP contribution in [0.15, 0.2) is 40.0 Å². The van der Waals surface area contributed by atoms with E-state index in [0.29, 0.717) is 17.9 Å². The van der Waals surface area contributed by atoms with Gasteiger partial charge in [0, 0.05) is 18.2 Å². The Bertz CT molecular complexity index is 809. The first-order chi connectivity index (χ1) is 10.8. The number of aryl methyl sites for hydroxylation is 1. The fraction of sp³-hybridized carbons (Fsp3) is 0.267. The molecule has 2 aromatic rings. The number of rotatable bonds is 7. The number of aromatic carboxylic acids is 1. The number of nitrogens with one attached hydrogen (secondary N) is 1. The molecule has 0 atom stereocenters. The summed E-state index contributed by atoms with van der Waals surface area (Å²) in [5.41, 5.74) is 1.44. The number of benzene rings is 1. The number of hydrogen-bond acceptors (Lipinski definition) is 5. The Morgan fingerprint density at radius 1 is 1.35 bits per heavy atom. The van der Waals surface area contributed by atoms with Gasteiger partial charge in [0.1, 0.15) is 12.0 Å². The van der Waals surface area contributed by atoms with Crippen LogP contribution < -0.4 is 9.46 Å². The Morgan fingerprint density at radius 2 is 2.09 bits per heavy atom. The van der Waals surface area contributed by atoms with Gasteiger partial charge in [-0.2, -0.15) is 0 Å². The number of hydrogen-bond donors (Lipinski definition) is 2. The molecule has 0 saturated heterocycles. The van der Waals surface area contributed by atoms with E-state index in [1.54, 1.807) is 6.07 Å². The van der Waals surface area contributed by atoms with E-state index in [-0.39, 0.29) is 12.1 Å². The molecule has 0 aliphatic rings.